The summed E-state index contributed by atoms with van der Waals surface area (Å²) in [4.78, 5) is 0. The van der Waals surface area contributed by atoms with Gasteiger partial charge in [-0.2, -0.15) is 0 Å². The zero-order valence-corrected chi connectivity index (χ0v) is 11.7. The van der Waals surface area contributed by atoms with Gasteiger partial charge in [-0.3, -0.25) is 0 Å². The van der Waals surface area contributed by atoms with Gasteiger partial charge in [0.15, 0.2) is 0 Å². The van der Waals surface area contributed by atoms with Crippen molar-refractivity contribution in [2.24, 2.45) is 5.92 Å². The van der Waals surface area contributed by atoms with Crippen LogP contribution in [0.3, 0.4) is 0 Å². The highest BCUT2D eigenvalue weighted by Crippen LogP contribution is 2.28. The second kappa shape index (κ2) is 5.22. The second-order valence-corrected chi connectivity index (χ2v) is 5.95. The average molecular weight is 282 g/mol. The minimum absolute atomic E-state index is 0.655. The maximum absolute atomic E-state index is 3.68. The molecule has 0 saturated heterocycles. The van der Waals surface area contributed by atoms with Gasteiger partial charge in [0.2, 0.25) is 0 Å². The Hall–Kier alpha value is -0.500. The van der Waals surface area contributed by atoms with Crippen LogP contribution < -0.4 is 5.32 Å². The molecule has 2 unspecified atom stereocenters. The van der Waals surface area contributed by atoms with Gasteiger partial charge in [0.25, 0.3) is 0 Å². The molecule has 2 heteroatoms. The van der Waals surface area contributed by atoms with Gasteiger partial charge in [-0.15, -0.1) is 0 Å². The summed E-state index contributed by atoms with van der Waals surface area (Å²) in [6.45, 7) is 4.50. The Morgan fingerprint density at radius 3 is 2.62 bits per heavy atom. The molecule has 16 heavy (non-hydrogen) atoms. The topological polar surface area (TPSA) is 12.0 Å². The summed E-state index contributed by atoms with van der Waals surface area (Å²) < 4.78 is 1.17. The van der Waals surface area contributed by atoms with Crippen molar-refractivity contribution in [3.8, 4) is 0 Å². The molecule has 0 aromatic heterocycles. The second-order valence-electron chi connectivity index (χ2n) is 5.03. The van der Waals surface area contributed by atoms with Gasteiger partial charge in [0, 0.05) is 16.2 Å². The quantitative estimate of drug-likeness (QED) is 0.825. The Bertz CT molecular complexity index is 342. The highest BCUT2D eigenvalue weighted by molar-refractivity contribution is 9.10. The number of aryl methyl sites for hydroxylation is 1. The Balaban J connectivity index is 2.07. The Labute approximate surface area is 107 Å². The summed E-state index contributed by atoms with van der Waals surface area (Å²) in [7, 11) is 0. The Morgan fingerprint density at radius 2 is 1.94 bits per heavy atom. The molecule has 1 saturated carbocycles. The number of hydrogen-bond acceptors (Lipinski definition) is 1. The van der Waals surface area contributed by atoms with E-state index in [0.717, 1.165) is 5.92 Å². The smallest absolute Gasteiger partial charge is 0.0356 e. The summed E-state index contributed by atoms with van der Waals surface area (Å²) >= 11 is 3.55. The van der Waals surface area contributed by atoms with E-state index < -0.39 is 0 Å². The van der Waals surface area contributed by atoms with Crippen LogP contribution in [0.15, 0.2) is 22.7 Å². The summed E-state index contributed by atoms with van der Waals surface area (Å²) in [5.41, 5.74) is 2.56. The van der Waals surface area contributed by atoms with Crippen molar-refractivity contribution in [3.63, 3.8) is 0 Å². The van der Waals surface area contributed by atoms with Crippen molar-refractivity contribution in [3.05, 3.63) is 28.2 Å². The zero-order chi connectivity index (χ0) is 11.5. The van der Waals surface area contributed by atoms with Crippen LogP contribution in [0.2, 0.25) is 0 Å². The minimum Gasteiger partial charge on any atom is -0.382 e. The molecule has 1 nitrogen and oxygen atoms in total. The maximum Gasteiger partial charge on any atom is 0.0356 e. The first-order valence-corrected chi connectivity index (χ1v) is 6.98. The fourth-order valence-electron chi connectivity index (χ4n) is 2.56. The zero-order valence-electron chi connectivity index (χ0n) is 10.1. The lowest BCUT2D eigenvalue weighted by molar-refractivity contribution is 0.349. The number of nitrogens with one attached hydrogen (secondary N) is 1. The molecule has 0 radical (unpaired) electrons. The van der Waals surface area contributed by atoms with Crippen LogP contribution in [0.25, 0.3) is 0 Å². The summed E-state index contributed by atoms with van der Waals surface area (Å²) in [6, 6.07) is 7.21. The molecule has 1 aliphatic rings. The molecular formula is C14H20BrN. The number of hydrogen-bond donors (Lipinski definition) is 1. The molecule has 2 rings (SSSR count). The molecule has 1 fully saturated rings. The molecule has 0 bridgehead atoms. The standard InChI is InChI=1S/C14H20BrN/c1-10-7-12(15)9-13(8-10)16-14-6-4-3-5-11(14)2/h7-9,11,14,16H,3-6H2,1-2H3. The van der Waals surface area contributed by atoms with E-state index in [0.29, 0.717) is 6.04 Å². The van der Waals surface area contributed by atoms with Crippen molar-refractivity contribution in [2.75, 3.05) is 5.32 Å². The van der Waals surface area contributed by atoms with E-state index in [1.807, 2.05) is 0 Å². The Morgan fingerprint density at radius 1 is 1.19 bits per heavy atom. The normalized spacial score (nSPS) is 25.4. The predicted molar refractivity (Wildman–Crippen MR) is 73.9 cm³/mol. The van der Waals surface area contributed by atoms with Crippen molar-refractivity contribution < 1.29 is 0 Å². The van der Waals surface area contributed by atoms with Crippen LogP contribution >= 0.6 is 15.9 Å². The number of halogens is 1. The molecule has 1 N–H and O–H groups in total. The van der Waals surface area contributed by atoms with Crippen LogP contribution in [-0.2, 0) is 0 Å². The fourth-order valence-corrected chi connectivity index (χ4v) is 3.17. The maximum atomic E-state index is 3.68. The van der Waals surface area contributed by atoms with Crippen molar-refractivity contribution in [1.82, 2.24) is 0 Å². The van der Waals surface area contributed by atoms with Crippen LogP contribution in [0, 0.1) is 12.8 Å². The monoisotopic (exact) mass is 281 g/mol. The van der Waals surface area contributed by atoms with E-state index >= 15 is 0 Å². The fraction of sp³-hybridized carbons (Fsp3) is 0.571. The highest BCUT2D eigenvalue weighted by atomic mass is 79.9. The molecule has 2 atom stereocenters. The summed E-state index contributed by atoms with van der Waals surface area (Å²) in [6.07, 6.45) is 5.45. The Kier molecular flexibility index (Phi) is 3.91. The van der Waals surface area contributed by atoms with E-state index in [-0.39, 0.29) is 0 Å². The molecule has 88 valence electrons. The SMILES string of the molecule is Cc1cc(Br)cc(NC2CCCCC2C)c1. The van der Waals surface area contributed by atoms with Crippen molar-refractivity contribution >= 4 is 21.6 Å². The lowest BCUT2D eigenvalue weighted by Gasteiger charge is -2.30. The number of benzene rings is 1. The van der Waals surface area contributed by atoms with Crippen molar-refractivity contribution in [1.29, 1.82) is 0 Å². The number of anilines is 1. The summed E-state index contributed by atoms with van der Waals surface area (Å²) in [5, 5.41) is 3.68. The van der Waals surface area contributed by atoms with Gasteiger partial charge in [0.05, 0.1) is 0 Å². The van der Waals surface area contributed by atoms with E-state index in [4.69, 9.17) is 0 Å². The van der Waals surface area contributed by atoms with Gasteiger partial charge in [-0.05, 0) is 49.4 Å². The third-order valence-electron chi connectivity index (χ3n) is 3.51. The van der Waals surface area contributed by atoms with Gasteiger partial charge in [0.1, 0.15) is 0 Å². The third kappa shape index (κ3) is 3.00. The minimum atomic E-state index is 0.655. The molecule has 1 aliphatic carbocycles. The molecule has 0 spiro atoms. The van der Waals surface area contributed by atoms with Crippen LogP contribution in [-0.4, -0.2) is 6.04 Å². The first-order chi connectivity index (χ1) is 7.65. The largest absolute Gasteiger partial charge is 0.382 e. The molecule has 1 aromatic rings. The van der Waals surface area contributed by atoms with Gasteiger partial charge in [-0.25, -0.2) is 0 Å². The average Bonchev–Trinajstić information content (AvgIpc) is 2.20. The summed E-state index contributed by atoms with van der Waals surface area (Å²) in [5.74, 6) is 0.799. The first-order valence-electron chi connectivity index (χ1n) is 6.19. The van der Waals surface area contributed by atoms with E-state index in [9.17, 15) is 0 Å². The van der Waals surface area contributed by atoms with Crippen LogP contribution in [0.4, 0.5) is 5.69 Å². The molecule has 0 heterocycles. The van der Waals surface area contributed by atoms with Crippen LogP contribution in [0.1, 0.15) is 38.2 Å². The lowest BCUT2D eigenvalue weighted by Crippen LogP contribution is -2.30. The third-order valence-corrected chi connectivity index (χ3v) is 3.96. The first kappa shape index (κ1) is 12.0. The highest BCUT2D eigenvalue weighted by Gasteiger charge is 2.20. The van der Waals surface area contributed by atoms with Gasteiger partial charge < -0.3 is 5.32 Å². The number of rotatable bonds is 2. The van der Waals surface area contributed by atoms with E-state index in [1.165, 1.54) is 41.4 Å². The van der Waals surface area contributed by atoms with Crippen LogP contribution in [0.5, 0.6) is 0 Å². The molecular weight excluding hydrogens is 262 g/mol. The molecule has 0 amide bonds. The molecule has 0 aliphatic heterocycles. The molecule has 1 aromatic carbocycles. The van der Waals surface area contributed by atoms with Gasteiger partial charge in [-0.1, -0.05) is 35.7 Å². The predicted octanol–water partition coefficient (Wildman–Crippen LogP) is 4.75. The van der Waals surface area contributed by atoms with E-state index in [2.05, 4.69) is 53.3 Å². The van der Waals surface area contributed by atoms with E-state index in [1.54, 1.807) is 0 Å². The van der Waals surface area contributed by atoms with Gasteiger partial charge >= 0.3 is 0 Å². The lowest BCUT2D eigenvalue weighted by atomic mass is 9.86. The van der Waals surface area contributed by atoms with Crippen molar-refractivity contribution in [2.45, 2.75) is 45.6 Å².